The molecule has 0 spiro atoms. The Bertz CT molecular complexity index is 976. The summed E-state index contributed by atoms with van der Waals surface area (Å²) in [5.74, 6) is -1.59. The second-order valence-electron chi connectivity index (χ2n) is 6.86. The predicted octanol–water partition coefficient (Wildman–Crippen LogP) is 2.12. The van der Waals surface area contributed by atoms with Crippen molar-refractivity contribution >= 4 is 17.5 Å². The minimum absolute atomic E-state index is 0.0223. The summed E-state index contributed by atoms with van der Waals surface area (Å²) in [6.07, 6.45) is 1.51. The summed E-state index contributed by atoms with van der Waals surface area (Å²) in [7, 11) is 0. The maximum atomic E-state index is 14.2. The van der Waals surface area contributed by atoms with Gasteiger partial charge in [0.25, 0.3) is 0 Å². The molecule has 3 rings (SSSR count). The molecule has 150 valence electrons. The molecular weight excluding hydrogens is 375 g/mol. The minimum Gasteiger partial charge on any atom is -0.344 e. The van der Waals surface area contributed by atoms with Crippen LogP contribution in [0.1, 0.15) is 19.4 Å². The molecule has 0 aliphatic rings. The topological polar surface area (TPSA) is 102 Å². The molecule has 0 aliphatic carbocycles. The maximum absolute atomic E-state index is 14.2. The van der Waals surface area contributed by atoms with Crippen LogP contribution < -0.4 is 10.6 Å². The molecule has 1 atom stereocenters. The van der Waals surface area contributed by atoms with Crippen molar-refractivity contribution in [2.24, 2.45) is 5.92 Å². The zero-order valence-electron chi connectivity index (χ0n) is 16.0. The number of anilines is 1. The molecule has 0 saturated heterocycles. The lowest BCUT2D eigenvalue weighted by Crippen LogP contribution is -2.47. The van der Waals surface area contributed by atoms with E-state index in [1.807, 2.05) is 30.3 Å². The Hall–Kier alpha value is -3.62. The molecule has 29 heavy (non-hydrogen) atoms. The van der Waals surface area contributed by atoms with Crippen molar-refractivity contribution in [2.45, 2.75) is 26.3 Å². The number of amides is 2. The van der Waals surface area contributed by atoms with Crippen molar-refractivity contribution in [2.75, 3.05) is 5.32 Å². The summed E-state index contributed by atoms with van der Waals surface area (Å²) in [6.45, 7) is 3.61. The molecule has 0 aliphatic heterocycles. The number of hydrogen-bond donors (Lipinski definition) is 2. The van der Waals surface area contributed by atoms with Crippen molar-refractivity contribution < 1.29 is 14.0 Å². The van der Waals surface area contributed by atoms with E-state index < -0.39 is 17.8 Å². The van der Waals surface area contributed by atoms with E-state index in [9.17, 15) is 14.0 Å². The first-order valence-electron chi connectivity index (χ1n) is 9.11. The fourth-order valence-corrected chi connectivity index (χ4v) is 2.78. The summed E-state index contributed by atoms with van der Waals surface area (Å²) in [5, 5.41) is 16.1. The van der Waals surface area contributed by atoms with Crippen molar-refractivity contribution in [1.82, 2.24) is 25.5 Å². The lowest BCUT2D eigenvalue weighted by Gasteiger charge is -2.22. The lowest BCUT2D eigenvalue weighted by atomic mass is 10.0. The fraction of sp³-hybridized carbons (Fsp3) is 0.250. The number of nitrogens with zero attached hydrogens (tertiary/aromatic N) is 4. The Kier molecular flexibility index (Phi) is 6.28. The summed E-state index contributed by atoms with van der Waals surface area (Å²) in [6, 6.07) is 12.5. The molecular formula is C20H21FN6O2. The first kappa shape index (κ1) is 20.1. The van der Waals surface area contributed by atoms with Gasteiger partial charge in [-0.2, -0.15) is 0 Å². The summed E-state index contributed by atoms with van der Waals surface area (Å²) in [5.41, 5.74) is 1.31. The number of benzene rings is 2. The maximum Gasteiger partial charge on any atom is 0.247 e. The zero-order chi connectivity index (χ0) is 20.8. The second kappa shape index (κ2) is 9.05. The zero-order valence-corrected chi connectivity index (χ0v) is 16.0. The van der Waals surface area contributed by atoms with E-state index in [0.29, 0.717) is 5.69 Å². The van der Waals surface area contributed by atoms with Gasteiger partial charge in [0.05, 0.1) is 17.8 Å². The highest BCUT2D eigenvalue weighted by Gasteiger charge is 2.25. The number of hydrogen-bond acceptors (Lipinski definition) is 5. The summed E-state index contributed by atoms with van der Waals surface area (Å²) >= 11 is 0. The molecule has 1 heterocycles. The first-order valence-corrected chi connectivity index (χ1v) is 9.11. The number of nitrogens with one attached hydrogen (secondary N) is 2. The molecule has 0 fully saturated rings. The van der Waals surface area contributed by atoms with Gasteiger partial charge in [-0.15, -0.1) is 5.10 Å². The molecule has 1 unspecified atom stereocenters. The summed E-state index contributed by atoms with van der Waals surface area (Å²) in [4.78, 5) is 25.1. The number of rotatable bonds is 7. The normalized spacial score (nSPS) is 11.9. The van der Waals surface area contributed by atoms with E-state index in [-0.39, 0.29) is 23.9 Å². The van der Waals surface area contributed by atoms with Crippen LogP contribution in [-0.4, -0.2) is 38.1 Å². The largest absolute Gasteiger partial charge is 0.344 e. The van der Waals surface area contributed by atoms with Gasteiger partial charge in [-0.3, -0.25) is 9.59 Å². The first-order chi connectivity index (χ1) is 13.9. The van der Waals surface area contributed by atoms with Crippen LogP contribution in [0.2, 0.25) is 0 Å². The third kappa shape index (κ3) is 5.22. The van der Waals surface area contributed by atoms with E-state index in [0.717, 1.165) is 5.56 Å². The number of carbonyl (C=O) groups excluding carboxylic acids is 2. The molecule has 0 saturated carbocycles. The third-order valence-corrected chi connectivity index (χ3v) is 4.29. The standard InChI is InChI=1S/C20H21FN6O2/c1-13(2)19(24-18(28)10-14-6-4-3-5-7-14)20(29)23-17-11-15(8-9-16(17)21)27-12-22-25-26-27/h3-9,11-13,19H,10H2,1-2H3,(H,23,29)(H,24,28). The molecule has 0 radical (unpaired) electrons. The van der Waals surface area contributed by atoms with E-state index in [1.165, 1.54) is 29.2 Å². The average molecular weight is 396 g/mol. The van der Waals surface area contributed by atoms with Crippen LogP contribution in [-0.2, 0) is 16.0 Å². The van der Waals surface area contributed by atoms with Crippen LogP contribution >= 0.6 is 0 Å². The van der Waals surface area contributed by atoms with Gasteiger partial charge in [-0.1, -0.05) is 44.2 Å². The molecule has 2 aromatic carbocycles. The van der Waals surface area contributed by atoms with E-state index in [4.69, 9.17) is 0 Å². The van der Waals surface area contributed by atoms with Crippen LogP contribution in [0.25, 0.3) is 5.69 Å². The van der Waals surface area contributed by atoms with Gasteiger partial charge in [0.2, 0.25) is 11.8 Å². The smallest absolute Gasteiger partial charge is 0.247 e. The Morgan fingerprint density at radius 1 is 1.14 bits per heavy atom. The Morgan fingerprint density at radius 3 is 2.55 bits per heavy atom. The van der Waals surface area contributed by atoms with E-state index in [1.54, 1.807) is 13.8 Å². The Labute approximate surface area is 167 Å². The van der Waals surface area contributed by atoms with E-state index >= 15 is 0 Å². The van der Waals surface area contributed by atoms with Crippen molar-refractivity contribution in [1.29, 1.82) is 0 Å². The molecule has 2 amide bonds. The van der Waals surface area contributed by atoms with E-state index in [2.05, 4.69) is 26.2 Å². The molecule has 0 bridgehead atoms. The van der Waals surface area contributed by atoms with Gasteiger partial charge in [0, 0.05) is 0 Å². The Morgan fingerprint density at radius 2 is 1.90 bits per heavy atom. The highest BCUT2D eigenvalue weighted by molar-refractivity contribution is 5.97. The highest BCUT2D eigenvalue weighted by Crippen LogP contribution is 2.19. The van der Waals surface area contributed by atoms with Crippen molar-refractivity contribution in [3.05, 3.63) is 66.2 Å². The van der Waals surface area contributed by atoms with Crippen LogP contribution in [0.15, 0.2) is 54.9 Å². The Balaban J connectivity index is 1.71. The van der Waals surface area contributed by atoms with Gasteiger partial charge in [0.15, 0.2) is 0 Å². The molecule has 1 aromatic heterocycles. The fourth-order valence-electron chi connectivity index (χ4n) is 2.78. The minimum atomic E-state index is -0.817. The predicted molar refractivity (Wildman–Crippen MR) is 105 cm³/mol. The molecule has 9 heteroatoms. The molecule has 2 N–H and O–H groups in total. The van der Waals surface area contributed by atoms with Crippen LogP contribution in [0.5, 0.6) is 0 Å². The van der Waals surface area contributed by atoms with Crippen LogP contribution in [0, 0.1) is 11.7 Å². The van der Waals surface area contributed by atoms with Crippen LogP contribution in [0.3, 0.4) is 0 Å². The SMILES string of the molecule is CC(C)C(NC(=O)Cc1ccccc1)C(=O)Nc1cc(-n2cnnn2)ccc1F. The quantitative estimate of drug-likeness (QED) is 0.637. The van der Waals surface area contributed by atoms with Gasteiger partial charge in [-0.05, 0) is 40.1 Å². The number of halogens is 1. The molecule has 3 aromatic rings. The van der Waals surface area contributed by atoms with Gasteiger partial charge in [-0.25, -0.2) is 9.07 Å². The van der Waals surface area contributed by atoms with Gasteiger partial charge >= 0.3 is 0 Å². The molecule has 8 nitrogen and oxygen atoms in total. The highest BCUT2D eigenvalue weighted by atomic mass is 19.1. The summed E-state index contributed by atoms with van der Waals surface area (Å²) < 4.78 is 15.6. The lowest BCUT2D eigenvalue weighted by molar-refractivity contribution is -0.127. The van der Waals surface area contributed by atoms with Gasteiger partial charge in [0.1, 0.15) is 18.2 Å². The number of carbonyl (C=O) groups is 2. The number of tetrazole rings is 1. The monoisotopic (exact) mass is 396 g/mol. The van der Waals surface area contributed by atoms with Crippen molar-refractivity contribution in [3.63, 3.8) is 0 Å². The van der Waals surface area contributed by atoms with Gasteiger partial charge < -0.3 is 10.6 Å². The van der Waals surface area contributed by atoms with Crippen molar-refractivity contribution in [3.8, 4) is 5.69 Å². The number of aromatic nitrogens is 4. The third-order valence-electron chi connectivity index (χ3n) is 4.29. The average Bonchev–Trinajstić information content (AvgIpc) is 3.23. The van der Waals surface area contributed by atoms with Crippen LogP contribution in [0.4, 0.5) is 10.1 Å². The second-order valence-corrected chi connectivity index (χ2v) is 6.86.